The number of carbonyl (C=O) groups excluding carboxylic acids is 2. The van der Waals surface area contributed by atoms with E-state index in [2.05, 4.69) is 10.6 Å². The van der Waals surface area contributed by atoms with Crippen molar-refractivity contribution in [1.29, 1.82) is 0 Å². The maximum absolute atomic E-state index is 14.0. The molecule has 1 unspecified atom stereocenters. The Balaban J connectivity index is 1.71. The first-order valence-electron chi connectivity index (χ1n) is 8.75. The minimum atomic E-state index is -0.462. The Hall–Kier alpha value is -2.60. The number of hydrogen-bond acceptors (Lipinski definition) is 2. The Morgan fingerprint density at radius 2 is 1.93 bits per heavy atom. The third-order valence-corrected chi connectivity index (χ3v) is 4.96. The van der Waals surface area contributed by atoms with Crippen molar-refractivity contribution in [3.8, 4) is 0 Å². The monoisotopic (exact) mass is 389 g/mol. The number of halogens is 2. The van der Waals surface area contributed by atoms with Gasteiger partial charge in [-0.15, -0.1) is 0 Å². The van der Waals surface area contributed by atoms with Crippen LogP contribution in [0.15, 0.2) is 42.5 Å². The molecule has 2 aromatic carbocycles. The van der Waals surface area contributed by atoms with Crippen LogP contribution in [0.4, 0.5) is 14.9 Å². The molecule has 0 aliphatic heterocycles. The Kier molecular flexibility index (Phi) is 5.65. The molecule has 1 saturated carbocycles. The molecule has 27 heavy (non-hydrogen) atoms. The normalized spacial score (nSPS) is 14.4. The maximum Gasteiger partial charge on any atom is 0.322 e. The lowest BCUT2D eigenvalue weighted by atomic mass is 10.1. The molecule has 142 valence electrons. The molecule has 0 radical (unpaired) electrons. The number of nitrogens with one attached hydrogen (secondary N) is 2. The zero-order chi connectivity index (χ0) is 19.6. The van der Waals surface area contributed by atoms with Crippen molar-refractivity contribution >= 4 is 29.2 Å². The highest BCUT2D eigenvalue weighted by atomic mass is 35.5. The summed E-state index contributed by atoms with van der Waals surface area (Å²) in [6.45, 7) is 1.74. The van der Waals surface area contributed by atoms with Crippen LogP contribution in [0.2, 0.25) is 5.02 Å². The highest BCUT2D eigenvalue weighted by molar-refractivity contribution is 6.34. The predicted molar refractivity (Wildman–Crippen MR) is 104 cm³/mol. The molecular formula is C20H21ClFN3O2. The maximum atomic E-state index is 14.0. The van der Waals surface area contributed by atoms with Crippen molar-refractivity contribution in [2.45, 2.75) is 31.8 Å². The molecule has 0 bridgehead atoms. The molecule has 2 aromatic rings. The number of amides is 3. The average Bonchev–Trinajstić information content (AvgIpc) is 3.46. The van der Waals surface area contributed by atoms with Crippen LogP contribution in [0.25, 0.3) is 0 Å². The lowest BCUT2D eigenvalue weighted by Gasteiger charge is -2.26. The fraction of sp³-hybridized carbons (Fsp3) is 0.300. The summed E-state index contributed by atoms with van der Waals surface area (Å²) >= 11 is 6.12. The summed E-state index contributed by atoms with van der Waals surface area (Å²) in [6, 6.07) is 10.4. The molecule has 3 amide bonds. The molecule has 5 nitrogen and oxygen atoms in total. The second-order valence-corrected chi connectivity index (χ2v) is 7.09. The van der Waals surface area contributed by atoms with Crippen molar-refractivity contribution in [3.05, 3.63) is 64.4 Å². The van der Waals surface area contributed by atoms with E-state index in [4.69, 9.17) is 11.6 Å². The third kappa shape index (κ3) is 4.57. The molecule has 1 atom stereocenters. The van der Waals surface area contributed by atoms with Gasteiger partial charge in [-0.05, 0) is 44.0 Å². The smallest absolute Gasteiger partial charge is 0.322 e. The van der Waals surface area contributed by atoms with Crippen LogP contribution in [-0.2, 0) is 0 Å². The minimum absolute atomic E-state index is 0.208. The van der Waals surface area contributed by atoms with E-state index in [1.54, 1.807) is 50.4 Å². The van der Waals surface area contributed by atoms with Crippen LogP contribution in [0.1, 0.15) is 41.7 Å². The van der Waals surface area contributed by atoms with Gasteiger partial charge in [0.1, 0.15) is 5.82 Å². The topological polar surface area (TPSA) is 61.4 Å². The van der Waals surface area contributed by atoms with Crippen LogP contribution >= 0.6 is 11.6 Å². The first-order valence-corrected chi connectivity index (χ1v) is 9.13. The average molecular weight is 390 g/mol. The quantitative estimate of drug-likeness (QED) is 0.785. The fourth-order valence-electron chi connectivity index (χ4n) is 2.68. The molecule has 1 aliphatic rings. The molecule has 1 aliphatic carbocycles. The van der Waals surface area contributed by atoms with Gasteiger partial charge in [0.15, 0.2) is 0 Å². The van der Waals surface area contributed by atoms with Crippen LogP contribution < -0.4 is 10.6 Å². The van der Waals surface area contributed by atoms with E-state index in [9.17, 15) is 14.0 Å². The Morgan fingerprint density at radius 1 is 1.22 bits per heavy atom. The summed E-state index contributed by atoms with van der Waals surface area (Å²) in [5.41, 5.74) is 1.18. The summed E-state index contributed by atoms with van der Waals surface area (Å²) in [4.78, 5) is 26.2. The van der Waals surface area contributed by atoms with E-state index in [0.29, 0.717) is 21.8 Å². The van der Waals surface area contributed by atoms with Crippen molar-refractivity contribution in [2.75, 3.05) is 12.4 Å². The summed E-state index contributed by atoms with van der Waals surface area (Å²) < 4.78 is 14.0. The summed E-state index contributed by atoms with van der Waals surface area (Å²) in [7, 11) is 1.59. The van der Waals surface area contributed by atoms with Crippen molar-refractivity contribution in [2.24, 2.45) is 0 Å². The first kappa shape index (κ1) is 19.2. The summed E-state index contributed by atoms with van der Waals surface area (Å²) in [6.07, 6.45) is 1.94. The number of rotatable bonds is 5. The minimum Gasteiger partial charge on any atom is -0.349 e. The van der Waals surface area contributed by atoms with Crippen molar-refractivity contribution < 1.29 is 14.0 Å². The van der Waals surface area contributed by atoms with Crippen molar-refractivity contribution in [1.82, 2.24) is 10.2 Å². The highest BCUT2D eigenvalue weighted by Gasteiger charge is 2.25. The number of nitrogens with zero attached hydrogens (tertiary/aromatic N) is 1. The van der Waals surface area contributed by atoms with Gasteiger partial charge in [0.05, 0.1) is 16.6 Å². The van der Waals surface area contributed by atoms with Crippen molar-refractivity contribution in [3.63, 3.8) is 0 Å². The first-order chi connectivity index (χ1) is 12.9. The van der Waals surface area contributed by atoms with Gasteiger partial charge in [0.2, 0.25) is 0 Å². The van der Waals surface area contributed by atoms with E-state index >= 15 is 0 Å². The van der Waals surface area contributed by atoms with E-state index < -0.39 is 12.1 Å². The van der Waals surface area contributed by atoms with E-state index in [0.717, 1.165) is 12.8 Å². The number of urea groups is 1. The van der Waals surface area contributed by atoms with Crippen LogP contribution in [0.3, 0.4) is 0 Å². The molecule has 0 saturated heterocycles. The molecule has 2 N–H and O–H groups in total. The molecule has 0 aromatic heterocycles. The Bertz CT molecular complexity index is 870. The van der Waals surface area contributed by atoms with Crippen LogP contribution in [0.5, 0.6) is 0 Å². The molecular weight excluding hydrogens is 369 g/mol. The molecule has 1 fully saturated rings. The zero-order valence-electron chi connectivity index (χ0n) is 15.1. The molecule has 7 heteroatoms. The number of benzene rings is 2. The van der Waals surface area contributed by atoms with Gasteiger partial charge in [0.25, 0.3) is 5.91 Å². The van der Waals surface area contributed by atoms with Gasteiger partial charge >= 0.3 is 6.03 Å². The summed E-state index contributed by atoms with van der Waals surface area (Å²) in [5, 5.41) is 5.92. The zero-order valence-corrected chi connectivity index (χ0v) is 15.9. The second-order valence-electron chi connectivity index (χ2n) is 6.68. The molecule has 0 spiro atoms. The van der Waals surface area contributed by atoms with Gasteiger partial charge in [0, 0.05) is 24.3 Å². The van der Waals surface area contributed by atoms with E-state index in [1.165, 1.54) is 11.0 Å². The number of carbonyl (C=O) groups is 2. The SMILES string of the molecule is CC(c1ccccc1F)N(C)C(=O)Nc1ccc(Cl)c(C(=O)NC2CC2)c1. The fourth-order valence-corrected chi connectivity index (χ4v) is 2.88. The standard InChI is InChI=1S/C20H21ClFN3O2/c1-12(15-5-3-4-6-18(15)22)25(2)20(27)24-14-9-10-17(21)16(11-14)19(26)23-13-7-8-13/h3-6,9-13H,7-8H2,1-2H3,(H,23,26)(H,24,27). The van der Waals surface area contributed by atoms with Gasteiger partial charge < -0.3 is 15.5 Å². The largest absolute Gasteiger partial charge is 0.349 e. The van der Waals surface area contributed by atoms with Crippen LogP contribution in [-0.4, -0.2) is 29.9 Å². The van der Waals surface area contributed by atoms with Gasteiger partial charge in [-0.25, -0.2) is 9.18 Å². The highest BCUT2D eigenvalue weighted by Crippen LogP contribution is 2.25. The van der Waals surface area contributed by atoms with Gasteiger partial charge in [-0.2, -0.15) is 0 Å². The Labute approximate surface area is 162 Å². The molecule has 0 heterocycles. The summed E-state index contributed by atoms with van der Waals surface area (Å²) in [5.74, 6) is -0.623. The lowest BCUT2D eigenvalue weighted by molar-refractivity contribution is 0.0951. The van der Waals surface area contributed by atoms with Gasteiger partial charge in [-0.3, -0.25) is 4.79 Å². The predicted octanol–water partition coefficient (Wildman–Crippen LogP) is 4.60. The lowest BCUT2D eigenvalue weighted by Crippen LogP contribution is -2.34. The Morgan fingerprint density at radius 3 is 2.59 bits per heavy atom. The third-order valence-electron chi connectivity index (χ3n) is 4.63. The van der Waals surface area contributed by atoms with Gasteiger partial charge in [-0.1, -0.05) is 29.8 Å². The van der Waals surface area contributed by atoms with Crippen LogP contribution in [0, 0.1) is 5.82 Å². The van der Waals surface area contributed by atoms with E-state index in [-0.39, 0.29) is 17.8 Å². The van der Waals surface area contributed by atoms with E-state index in [1.807, 2.05) is 0 Å². The molecule has 3 rings (SSSR count). The number of anilines is 1. The second kappa shape index (κ2) is 7.96. The number of hydrogen-bond donors (Lipinski definition) is 2.